The van der Waals surface area contributed by atoms with Crippen LogP contribution in [0.4, 0.5) is 16.2 Å². The van der Waals surface area contributed by atoms with E-state index in [1.165, 1.54) is 12.1 Å². The standard InChI is InChI=1S/C18H22ClN3O3S/c1-4-22(5-2)18(23)20-14-8-10-16(11-9-14)26(24,25)21-15-7-6-13(3)17(19)12-15/h6-12,21H,4-5H2,1-3H3,(H,20,23). The van der Waals surface area contributed by atoms with E-state index in [2.05, 4.69) is 10.0 Å². The summed E-state index contributed by atoms with van der Waals surface area (Å²) in [5.41, 5.74) is 1.78. The number of hydrogen-bond acceptors (Lipinski definition) is 3. The summed E-state index contributed by atoms with van der Waals surface area (Å²) in [4.78, 5) is 13.8. The van der Waals surface area contributed by atoms with E-state index in [4.69, 9.17) is 11.6 Å². The molecular formula is C18H22ClN3O3S. The summed E-state index contributed by atoms with van der Waals surface area (Å²) in [6.45, 7) is 6.81. The number of nitrogens with one attached hydrogen (secondary N) is 2. The van der Waals surface area contributed by atoms with E-state index in [9.17, 15) is 13.2 Å². The Bertz CT molecular complexity index is 879. The predicted octanol–water partition coefficient (Wildman–Crippen LogP) is 4.32. The van der Waals surface area contributed by atoms with E-state index in [1.807, 2.05) is 20.8 Å². The van der Waals surface area contributed by atoms with Crippen molar-refractivity contribution in [2.24, 2.45) is 0 Å². The van der Waals surface area contributed by atoms with Crippen molar-refractivity contribution >= 4 is 39.0 Å². The first-order valence-electron chi connectivity index (χ1n) is 8.21. The average molecular weight is 396 g/mol. The van der Waals surface area contributed by atoms with Gasteiger partial charge >= 0.3 is 6.03 Å². The lowest BCUT2D eigenvalue weighted by atomic mass is 10.2. The van der Waals surface area contributed by atoms with Crippen molar-refractivity contribution in [3.8, 4) is 0 Å². The number of urea groups is 1. The summed E-state index contributed by atoms with van der Waals surface area (Å²) in [7, 11) is -3.75. The van der Waals surface area contributed by atoms with Gasteiger partial charge in [0.05, 0.1) is 10.6 Å². The molecule has 0 atom stereocenters. The van der Waals surface area contributed by atoms with Crippen LogP contribution in [-0.4, -0.2) is 32.4 Å². The van der Waals surface area contributed by atoms with Gasteiger partial charge in [-0.15, -0.1) is 0 Å². The molecule has 8 heteroatoms. The number of amides is 2. The molecule has 0 saturated heterocycles. The molecule has 140 valence electrons. The summed E-state index contributed by atoms with van der Waals surface area (Å²) in [5.74, 6) is 0. The second-order valence-corrected chi connectivity index (χ2v) is 7.79. The maximum atomic E-state index is 12.5. The van der Waals surface area contributed by atoms with Gasteiger partial charge < -0.3 is 10.2 Å². The molecule has 0 bridgehead atoms. The third-order valence-corrected chi connectivity index (χ3v) is 5.69. The molecule has 0 spiro atoms. The van der Waals surface area contributed by atoms with Gasteiger partial charge in [0.25, 0.3) is 10.0 Å². The van der Waals surface area contributed by atoms with E-state index >= 15 is 0 Å². The Kier molecular flexibility index (Phi) is 6.50. The Morgan fingerprint density at radius 3 is 2.15 bits per heavy atom. The molecule has 0 heterocycles. The van der Waals surface area contributed by atoms with E-state index in [-0.39, 0.29) is 10.9 Å². The van der Waals surface area contributed by atoms with Gasteiger partial charge in [0, 0.05) is 23.8 Å². The predicted molar refractivity (Wildman–Crippen MR) is 105 cm³/mol. The van der Waals surface area contributed by atoms with Crippen LogP contribution in [0.1, 0.15) is 19.4 Å². The van der Waals surface area contributed by atoms with Crippen LogP contribution in [0.5, 0.6) is 0 Å². The Morgan fingerprint density at radius 2 is 1.62 bits per heavy atom. The Morgan fingerprint density at radius 1 is 1.04 bits per heavy atom. The number of nitrogens with zero attached hydrogens (tertiary/aromatic N) is 1. The molecule has 2 rings (SSSR count). The fourth-order valence-corrected chi connectivity index (χ4v) is 3.53. The number of halogens is 1. The molecule has 0 aliphatic carbocycles. The lowest BCUT2D eigenvalue weighted by molar-refractivity contribution is 0.217. The van der Waals surface area contributed by atoms with Crippen molar-refractivity contribution in [2.45, 2.75) is 25.7 Å². The van der Waals surface area contributed by atoms with E-state index < -0.39 is 10.0 Å². The minimum absolute atomic E-state index is 0.0926. The molecule has 2 aromatic rings. The van der Waals surface area contributed by atoms with Crippen molar-refractivity contribution in [2.75, 3.05) is 23.1 Å². The number of anilines is 2. The molecular weight excluding hydrogens is 374 g/mol. The highest BCUT2D eigenvalue weighted by molar-refractivity contribution is 7.92. The number of aryl methyl sites for hydroxylation is 1. The monoisotopic (exact) mass is 395 g/mol. The molecule has 2 amide bonds. The molecule has 0 radical (unpaired) electrons. The normalized spacial score (nSPS) is 11.1. The van der Waals surface area contributed by atoms with Crippen LogP contribution in [0, 0.1) is 6.92 Å². The van der Waals surface area contributed by atoms with Crippen molar-refractivity contribution in [1.82, 2.24) is 4.90 Å². The van der Waals surface area contributed by atoms with E-state index in [0.717, 1.165) is 5.56 Å². The second kappa shape index (κ2) is 8.42. The minimum atomic E-state index is -3.75. The van der Waals surface area contributed by atoms with Crippen LogP contribution < -0.4 is 10.0 Å². The Labute approximate surface area is 159 Å². The van der Waals surface area contributed by atoms with Crippen LogP contribution in [-0.2, 0) is 10.0 Å². The van der Waals surface area contributed by atoms with Crippen LogP contribution in [0.15, 0.2) is 47.4 Å². The molecule has 26 heavy (non-hydrogen) atoms. The van der Waals surface area contributed by atoms with Gasteiger partial charge in [0.2, 0.25) is 0 Å². The highest BCUT2D eigenvalue weighted by Crippen LogP contribution is 2.23. The molecule has 0 aliphatic heterocycles. The lowest BCUT2D eigenvalue weighted by Gasteiger charge is -2.19. The first-order chi connectivity index (χ1) is 12.3. The highest BCUT2D eigenvalue weighted by Gasteiger charge is 2.15. The van der Waals surface area contributed by atoms with Crippen molar-refractivity contribution in [1.29, 1.82) is 0 Å². The van der Waals surface area contributed by atoms with Crippen molar-refractivity contribution < 1.29 is 13.2 Å². The van der Waals surface area contributed by atoms with E-state index in [0.29, 0.717) is 29.5 Å². The third-order valence-electron chi connectivity index (χ3n) is 3.89. The molecule has 6 nitrogen and oxygen atoms in total. The van der Waals surface area contributed by atoms with Crippen molar-refractivity contribution in [3.63, 3.8) is 0 Å². The summed E-state index contributed by atoms with van der Waals surface area (Å²) < 4.78 is 27.5. The van der Waals surface area contributed by atoms with Gasteiger partial charge in [-0.3, -0.25) is 4.72 Å². The van der Waals surface area contributed by atoms with Gasteiger partial charge in [0.15, 0.2) is 0 Å². The number of hydrogen-bond donors (Lipinski definition) is 2. The first kappa shape index (κ1) is 20.1. The van der Waals surface area contributed by atoms with E-state index in [1.54, 1.807) is 35.2 Å². The number of carbonyl (C=O) groups is 1. The maximum Gasteiger partial charge on any atom is 0.321 e. The van der Waals surface area contributed by atoms with Crippen LogP contribution in [0.2, 0.25) is 5.02 Å². The Hall–Kier alpha value is -2.25. The molecule has 0 unspecified atom stereocenters. The maximum absolute atomic E-state index is 12.5. The van der Waals surface area contributed by atoms with Gasteiger partial charge in [-0.2, -0.15) is 0 Å². The molecule has 2 aromatic carbocycles. The number of sulfonamides is 1. The van der Waals surface area contributed by atoms with Gasteiger partial charge in [-0.1, -0.05) is 17.7 Å². The molecule has 0 aliphatic rings. The zero-order valence-corrected chi connectivity index (χ0v) is 16.5. The fraction of sp³-hybridized carbons (Fsp3) is 0.278. The topological polar surface area (TPSA) is 78.5 Å². The zero-order valence-electron chi connectivity index (χ0n) is 14.9. The quantitative estimate of drug-likeness (QED) is 0.764. The van der Waals surface area contributed by atoms with Crippen LogP contribution >= 0.6 is 11.6 Å². The SMILES string of the molecule is CCN(CC)C(=O)Nc1ccc(S(=O)(=O)Nc2ccc(C)c(Cl)c2)cc1. The molecule has 0 aromatic heterocycles. The summed E-state index contributed by atoms with van der Waals surface area (Å²) in [6, 6.07) is 10.7. The third kappa shape index (κ3) is 4.89. The first-order valence-corrected chi connectivity index (χ1v) is 10.1. The smallest absolute Gasteiger partial charge is 0.321 e. The van der Waals surface area contributed by atoms with Crippen LogP contribution in [0.25, 0.3) is 0 Å². The number of rotatable bonds is 6. The van der Waals surface area contributed by atoms with Gasteiger partial charge in [-0.05, 0) is 62.7 Å². The fourth-order valence-electron chi connectivity index (χ4n) is 2.30. The summed E-state index contributed by atoms with van der Waals surface area (Å²) in [5, 5.41) is 3.23. The summed E-state index contributed by atoms with van der Waals surface area (Å²) >= 11 is 6.03. The zero-order chi connectivity index (χ0) is 19.3. The minimum Gasteiger partial charge on any atom is -0.325 e. The number of carbonyl (C=O) groups excluding carboxylic acids is 1. The average Bonchev–Trinajstić information content (AvgIpc) is 2.59. The Balaban J connectivity index is 2.13. The van der Waals surface area contributed by atoms with Crippen molar-refractivity contribution in [3.05, 3.63) is 53.1 Å². The van der Waals surface area contributed by atoms with Gasteiger partial charge in [-0.25, -0.2) is 13.2 Å². The highest BCUT2D eigenvalue weighted by atomic mass is 35.5. The lowest BCUT2D eigenvalue weighted by Crippen LogP contribution is -2.34. The van der Waals surface area contributed by atoms with Gasteiger partial charge in [0.1, 0.15) is 0 Å². The number of benzene rings is 2. The van der Waals surface area contributed by atoms with Crippen LogP contribution in [0.3, 0.4) is 0 Å². The second-order valence-electron chi connectivity index (χ2n) is 5.70. The molecule has 0 fully saturated rings. The molecule has 2 N–H and O–H groups in total. The summed E-state index contributed by atoms with van der Waals surface area (Å²) in [6.07, 6.45) is 0. The largest absolute Gasteiger partial charge is 0.325 e. The molecule has 0 saturated carbocycles.